The molecule has 0 radical (unpaired) electrons. The molecule has 0 aliphatic rings. The highest BCUT2D eigenvalue weighted by Gasteiger charge is 2.04. The third-order valence-electron chi connectivity index (χ3n) is 1.45. The Morgan fingerprint density at radius 3 is 2.45 bits per heavy atom. The van der Waals surface area contributed by atoms with Crippen molar-refractivity contribution in [3.8, 4) is 0 Å². The van der Waals surface area contributed by atoms with E-state index in [9.17, 15) is 9.59 Å². The molecule has 0 aliphatic heterocycles. The highest BCUT2D eigenvalue weighted by atomic mass is 16.4. The zero-order valence-electron chi connectivity index (χ0n) is 6.70. The second-order valence-electron chi connectivity index (χ2n) is 2.36. The lowest BCUT2D eigenvalue weighted by Crippen LogP contribution is -2.02. The van der Waals surface area contributed by atoms with E-state index >= 15 is 0 Å². The molecular weight excluding hydrogens is 144 g/mol. The van der Waals surface area contributed by atoms with Crippen molar-refractivity contribution in [3.05, 3.63) is 11.6 Å². The molecule has 1 N–H and O–H groups in total. The van der Waals surface area contributed by atoms with Crippen LogP contribution in [0.2, 0.25) is 0 Å². The number of aliphatic carboxylic acids is 1. The Morgan fingerprint density at radius 2 is 2.18 bits per heavy atom. The minimum atomic E-state index is -0.967. The fourth-order valence-electron chi connectivity index (χ4n) is 0.646. The van der Waals surface area contributed by atoms with Gasteiger partial charge in [0.1, 0.15) is 6.29 Å². The van der Waals surface area contributed by atoms with Crippen molar-refractivity contribution in [1.29, 1.82) is 0 Å². The molecule has 0 saturated heterocycles. The monoisotopic (exact) mass is 156 g/mol. The standard InChI is InChI=1S/C8H12O3/c1-3-7(5-9)4-6(2)8(10)11/h4-5,7H,3H2,1-2H3,(H,10,11)/b6-4+. The maximum absolute atomic E-state index is 10.3. The van der Waals surface area contributed by atoms with E-state index in [4.69, 9.17) is 5.11 Å². The van der Waals surface area contributed by atoms with Crippen LogP contribution in [0.5, 0.6) is 0 Å². The van der Waals surface area contributed by atoms with Crippen LogP contribution in [0, 0.1) is 5.92 Å². The topological polar surface area (TPSA) is 54.4 Å². The van der Waals surface area contributed by atoms with Gasteiger partial charge < -0.3 is 9.90 Å². The molecule has 0 rings (SSSR count). The zero-order chi connectivity index (χ0) is 8.85. The van der Waals surface area contributed by atoms with E-state index in [2.05, 4.69) is 0 Å². The van der Waals surface area contributed by atoms with Crippen LogP contribution in [-0.2, 0) is 9.59 Å². The molecule has 1 unspecified atom stereocenters. The molecule has 0 saturated carbocycles. The molecule has 0 aromatic carbocycles. The Kier molecular flexibility index (Phi) is 4.18. The molecule has 62 valence electrons. The smallest absolute Gasteiger partial charge is 0.330 e. The molecular formula is C8H12O3. The van der Waals surface area contributed by atoms with E-state index in [-0.39, 0.29) is 11.5 Å². The predicted octanol–water partition coefficient (Wildman–Crippen LogP) is 1.24. The molecule has 3 nitrogen and oxygen atoms in total. The highest BCUT2D eigenvalue weighted by Crippen LogP contribution is 2.04. The van der Waals surface area contributed by atoms with Crippen molar-refractivity contribution in [2.24, 2.45) is 5.92 Å². The van der Waals surface area contributed by atoms with E-state index in [1.807, 2.05) is 6.92 Å². The SMILES string of the molecule is CCC(C=O)/C=C(\C)C(=O)O. The van der Waals surface area contributed by atoms with Crippen molar-refractivity contribution in [1.82, 2.24) is 0 Å². The maximum Gasteiger partial charge on any atom is 0.330 e. The predicted molar refractivity (Wildman–Crippen MR) is 41.2 cm³/mol. The van der Waals surface area contributed by atoms with Gasteiger partial charge in [-0.1, -0.05) is 13.0 Å². The summed E-state index contributed by atoms with van der Waals surface area (Å²) in [5.74, 6) is -1.23. The molecule has 0 spiro atoms. The average molecular weight is 156 g/mol. The average Bonchev–Trinajstić information content (AvgIpc) is 1.99. The molecule has 0 aliphatic carbocycles. The van der Waals surface area contributed by atoms with E-state index in [0.717, 1.165) is 6.29 Å². The number of rotatable bonds is 4. The summed E-state index contributed by atoms with van der Waals surface area (Å²) >= 11 is 0. The van der Waals surface area contributed by atoms with Gasteiger partial charge in [0.05, 0.1) is 0 Å². The molecule has 0 bridgehead atoms. The lowest BCUT2D eigenvalue weighted by atomic mass is 10.1. The van der Waals surface area contributed by atoms with Crippen LogP contribution in [0.1, 0.15) is 20.3 Å². The normalized spacial score (nSPS) is 14.2. The van der Waals surface area contributed by atoms with Crippen LogP contribution in [0.4, 0.5) is 0 Å². The van der Waals surface area contributed by atoms with Gasteiger partial charge in [-0.25, -0.2) is 4.79 Å². The number of carboxylic acids is 1. The molecule has 3 heteroatoms. The highest BCUT2D eigenvalue weighted by molar-refractivity contribution is 5.86. The van der Waals surface area contributed by atoms with Gasteiger partial charge in [0.15, 0.2) is 0 Å². The zero-order valence-corrected chi connectivity index (χ0v) is 6.70. The van der Waals surface area contributed by atoms with Gasteiger partial charge in [-0.05, 0) is 13.3 Å². The minimum absolute atomic E-state index is 0.226. The molecule has 0 aromatic heterocycles. The summed E-state index contributed by atoms with van der Waals surface area (Å²) in [7, 11) is 0. The Hall–Kier alpha value is -1.12. The molecule has 0 amide bonds. The Morgan fingerprint density at radius 1 is 1.64 bits per heavy atom. The third-order valence-corrected chi connectivity index (χ3v) is 1.45. The van der Waals surface area contributed by atoms with Gasteiger partial charge in [0, 0.05) is 11.5 Å². The summed E-state index contributed by atoms with van der Waals surface area (Å²) in [5.41, 5.74) is 0.226. The Balaban J connectivity index is 4.25. The van der Waals surface area contributed by atoms with Crippen LogP contribution in [0.3, 0.4) is 0 Å². The first kappa shape index (κ1) is 9.88. The number of allylic oxidation sites excluding steroid dienone is 1. The number of carbonyl (C=O) groups excluding carboxylic acids is 1. The number of carbonyl (C=O) groups is 2. The quantitative estimate of drug-likeness (QED) is 0.492. The van der Waals surface area contributed by atoms with Gasteiger partial charge in [-0.3, -0.25) is 0 Å². The second kappa shape index (κ2) is 4.66. The van der Waals surface area contributed by atoms with E-state index in [1.54, 1.807) is 0 Å². The first-order valence-corrected chi connectivity index (χ1v) is 3.48. The summed E-state index contributed by atoms with van der Waals surface area (Å²) < 4.78 is 0. The van der Waals surface area contributed by atoms with Crippen LogP contribution < -0.4 is 0 Å². The lowest BCUT2D eigenvalue weighted by Gasteiger charge is -1.99. The summed E-state index contributed by atoms with van der Waals surface area (Å²) in [6.07, 6.45) is 2.87. The van der Waals surface area contributed by atoms with Crippen LogP contribution in [0.25, 0.3) is 0 Å². The molecule has 0 fully saturated rings. The summed E-state index contributed by atoms with van der Waals surface area (Å²) in [5, 5.41) is 8.44. The van der Waals surface area contributed by atoms with Crippen LogP contribution in [-0.4, -0.2) is 17.4 Å². The van der Waals surface area contributed by atoms with Crippen molar-refractivity contribution >= 4 is 12.3 Å². The van der Waals surface area contributed by atoms with Gasteiger partial charge in [-0.15, -0.1) is 0 Å². The maximum atomic E-state index is 10.3. The number of aldehydes is 1. The van der Waals surface area contributed by atoms with Crippen LogP contribution in [0.15, 0.2) is 11.6 Å². The van der Waals surface area contributed by atoms with E-state index < -0.39 is 5.97 Å². The van der Waals surface area contributed by atoms with Gasteiger partial charge in [-0.2, -0.15) is 0 Å². The largest absolute Gasteiger partial charge is 0.478 e. The third kappa shape index (κ3) is 3.55. The number of hydrogen-bond acceptors (Lipinski definition) is 2. The van der Waals surface area contributed by atoms with Gasteiger partial charge >= 0.3 is 5.97 Å². The number of carboxylic acid groups (broad SMARTS) is 1. The minimum Gasteiger partial charge on any atom is -0.478 e. The fraction of sp³-hybridized carbons (Fsp3) is 0.500. The number of hydrogen-bond donors (Lipinski definition) is 1. The van der Waals surface area contributed by atoms with Crippen molar-refractivity contribution in [2.75, 3.05) is 0 Å². The van der Waals surface area contributed by atoms with Crippen molar-refractivity contribution in [3.63, 3.8) is 0 Å². The van der Waals surface area contributed by atoms with E-state index in [0.29, 0.717) is 6.42 Å². The second-order valence-corrected chi connectivity index (χ2v) is 2.36. The summed E-state index contributed by atoms with van der Waals surface area (Å²) in [6, 6.07) is 0. The van der Waals surface area contributed by atoms with Crippen molar-refractivity contribution < 1.29 is 14.7 Å². The first-order valence-electron chi connectivity index (χ1n) is 3.48. The fourth-order valence-corrected chi connectivity index (χ4v) is 0.646. The van der Waals surface area contributed by atoms with Crippen LogP contribution >= 0.6 is 0 Å². The molecule has 0 aromatic rings. The molecule has 11 heavy (non-hydrogen) atoms. The molecule has 1 atom stereocenters. The summed E-state index contributed by atoms with van der Waals surface area (Å²) in [6.45, 7) is 3.32. The van der Waals surface area contributed by atoms with E-state index in [1.165, 1.54) is 13.0 Å². The molecule has 0 heterocycles. The summed E-state index contributed by atoms with van der Waals surface area (Å²) in [4.78, 5) is 20.5. The first-order chi connectivity index (χ1) is 5.11. The van der Waals surface area contributed by atoms with Gasteiger partial charge in [0.25, 0.3) is 0 Å². The van der Waals surface area contributed by atoms with Crippen molar-refractivity contribution in [2.45, 2.75) is 20.3 Å². The van der Waals surface area contributed by atoms with Gasteiger partial charge in [0.2, 0.25) is 0 Å². The Bertz CT molecular complexity index is 182. The lowest BCUT2D eigenvalue weighted by molar-refractivity contribution is -0.132. The Labute approximate surface area is 65.7 Å².